The van der Waals surface area contributed by atoms with E-state index in [0.717, 1.165) is 34.0 Å². The van der Waals surface area contributed by atoms with Crippen molar-refractivity contribution >= 4 is 34.0 Å². The summed E-state index contributed by atoms with van der Waals surface area (Å²) in [6.07, 6.45) is 6.79. The Kier molecular flexibility index (Phi) is 9.48. The van der Waals surface area contributed by atoms with E-state index in [1.54, 1.807) is 36.7 Å². The maximum atomic E-state index is 14.3. The number of nitrogens with zero attached hydrogens (tertiary/aromatic N) is 5. The highest BCUT2D eigenvalue weighted by Crippen LogP contribution is 2.32. The molecule has 0 spiro atoms. The molecule has 11 nitrogen and oxygen atoms in total. The normalized spacial score (nSPS) is 18.0. The zero-order chi connectivity index (χ0) is 34.7. The van der Waals surface area contributed by atoms with Gasteiger partial charge >= 0.3 is 0 Å². The van der Waals surface area contributed by atoms with E-state index >= 15 is 0 Å². The summed E-state index contributed by atoms with van der Waals surface area (Å²) >= 11 is 0. The summed E-state index contributed by atoms with van der Waals surface area (Å²) in [5.74, 6) is 0.0889. The Labute approximate surface area is 289 Å². The van der Waals surface area contributed by atoms with Crippen LogP contribution in [0.2, 0.25) is 0 Å². The number of aromatic amines is 1. The summed E-state index contributed by atoms with van der Waals surface area (Å²) in [6, 6.07) is 20.3. The van der Waals surface area contributed by atoms with E-state index in [9.17, 15) is 14.0 Å². The molecule has 1 fully saturated rings. The zero-order valence-corrected chi connectivity index (χ0v) is 28.0. The molecular formula is C38H38FN7O4. The second-order valence-electron chi connectivity index (χ2n) is 12.7. The Morgan fingerprint density at radius 2 is 1.76 bits per heavy atom. The number of H-pyrrole nitrogens is 1. The van der Waals surface area contributed by atoms with Crippen LogP contribution in [0.4, 0.5) is 10.1 Å². The number of ether oxygens (including phenoxy) is 2. The average molecular weight is 676 g/mol. The van der Waals surface area contributed by atoms with Gasteiger partial charge in [0.05, 0.1) is 24.4 Å². The van der Waals surface area contributed by atoms with E-state index in [2.05, 4.69) is 43.7 Å². The number of nitrogens with one attached hydrogen (secondary N) is 2. The van der Waals surface area contributed by atoms with Crippen LogP contribution in [0.25, 0.3) is 39.1 Å². The van der Waals surface area contributed by atoms with Gasteiger partial charge in [-0.2, -0.15) is 5.10 Å². The third-order valence-electron chi connectivity index (χ3n) is 9.56. The fraction of sp³-hybridized carbons (Fsp3) is 0.289. The number of halogens is 1. The molecule has 7 rings (SSSR count). The van der Waals surface area contributed by atoms with Crippen LogP contribution in [0.1, 0.15) is 24.0 Å². The van der Waals surface area contributed by atoms with E-state index in [-0.39, 0.29) is 30.8 Å². The fourth-order valence-corrected chi connectivity index (χ4v) is 6.71. The van der Waals surface area contributed by atoms with Gasteiger partial charge in [-0.05, 0) is 66.4 Å². The van der Waals surface area contributed by atoms with Crippen molar-refractivity contribution in [3.8, 4) is 22.6 Å². The quantitative estimate of drug-likeness (QED) is 0.204. The molecule has 0 aliphatic carbocycles. The number of likely N-dealkylation sites (tertiary alicyclic amines) is 1. The van der Waals surface area contributed by atoms with Gasteiger partial charge in [0.25, 0.3) is 5.91 Å². The molecule has 4 heterocycles. The number of anilines is 1. The van der Waals surface area contributed by atoms with E-state index in [4.69, 9.17) is 9.47 Å². The van der Waals surface area contributed by atoms with Gasteiger partial charge in [0.2, 0.25) is 5.91 Å². The average Bonchev–Trinajstić information content (AvgIpc) is 3.78. The Hall–Kier alpha value is -5.30. The highest BCUT2D eigenvalue weighted by molar-refractivity contribution is 6.01. The van der Waals surface area contributed by atoms with E-state index < -0.39 is 5.60 Å². The summed E-state index contributed by atoms with van der Waals surface area (Å²) in [5, 5.41) is 11.3. The van der Waals surface area contributed by atoms with Crippen molar-refractivity contribution in [2.75, 3.05) is 52.3 Å². The zero-order valence-electron chi connectivity index (χ0n) is 28.0. The third kappa shape index (κ3) is 6.77. The first-order chi connectivity index (χ1) is 24.4. The van der Waals surface area contributed by atoms with Crippen molar-refractivity contribution in [2.45, 2.75) is 25.0 Å². The summed E-state index contributed by atoms with van der Waals surface area (Å²) in [4.78, 5) is 39.5. The number of carbonyl (C=O) groups excluding carboxylic acids is 2. The molecule has 5 aromatic rings. The SMILES string of the molecule is COCc1cc(-c2n[nH]c3ccc(NC(=O)[C@]4(OC)CCN(CC(=O)N5CC=C(c6ccc(-c7ncccn7)cc6)CC5)C4)cc23)ccc1F. The van der Waals surface area contributed by atoms with Crippen LogP contribution in [0.15, 0.2) is 85.2 Å². The summed E-state index contributed by atoms with van der Waals surface area (Å²) in [7, 11) is 3.05. The first kappa shape index (κ1) is 33.2. The maximum Gasteiger partial charge on any atom is 0.258 e. The highest BCUT2D eigenvalue weighted by atomic mass is 19.1. The second kappa shape index (κ2) is 14.3. The minimum atomic E-state index is -1.10. The number of amides is 2. The Bertz CT molecular complexity index is 2050. The van der Waals surface area contributed by atoms with Crippen molar-refractivity contribution in [3.63, 3.8) is 0 Å². The number of hydrogen-bond acceptors (Lipinski definition) is 8. The minimum Gasteiger partial charge on any atom is -0.380 e. The van der Waals surface area contributed by atoms with Crippen LogP contribution in [0, 0.1) is 5.82 Å². The molecule has 3 aromatic carbocycles. The molecule has 0 saturated carbocycles. The molecule has 256 valence electrons. The van der Waals surface area contributed by atoms with Gasteiger partial charge in [0.15, 0.2) is 11.4 Å². The molecule has 2 aliphatic rings. The van der Waals surface area contributed by atoms with E-state index in [0.29, 0.717) is 55.4 Å². The monoisotopic (exact) mass is 675 g/mol. The molecule has 2 aromatic heterocycles. The number of fused-ring (bicyclic) bond motifs is 1. The molecule has 0 unspecified atom stereocenters. The lowest BCUT2D eigenvalue weighted by atomic mass is 9.98. The predicted octanol–water partition coefficient (Wildman–Crippen LogP) is 5.32. The maximum absolute atomic E-state index is 14.3. The first-order valence-electron chi connectivity index (χ1n) is 16.6. The second-order valence-corrected chi connectivity index (χ2v) is 12.7. The highest BCUT2D eigenvalue weighted by Gasteiger charge is 2.45. The van der Waals surface area contributed by atoms with Gasteiger partial charge in [-0.3, -0.25) is 19.6 Å². The molecule has 50 heavy (non-hydrogen) atoms. The van der Waals surface area contributed by atoms with Gasteiger partial charge in [-0.15, -0.1) is 0 Å². The van der Waals surface area contributed by atoms with Crippen LogP contribution in [0.3, 0.4) is 0 Å². The lowest BCUT2D eigenvalue weighted by Crippen LogP contribution is -2.48. The van der Waals surface area contributed by atoms with Gasteiger partial charge < -0.3 is 19.7 Å². The molecule has 2 N–H and O–H groups in total. The summed E-state index contributed by atoms with van der Waals surface area (Å²) in [6.45, 7) is 2.36. The molecular weight excluding hydrogens is 637 g/mol. The smallest absolute Gasteiger partial charge is 0.258 e. The largest absolute Gasteiger partial charge is 0.380 e. The predicted molar refractivity (Wildman–Crippen MR) is 188 cm³/mol. The topological polar surface area (TPSA) is 126 Å². The fourth-order valence-electron chi connectivity index (χ4n) is 6.71. The Morgan fingerprint density at radius 1 is 0.980 bits per heavy atom. The molecule has 2 aliphatic heterocycles. The standard InChI is InChI=1S/C38H38FN7O4/c1-49-23-29-20-28(8-10-32(29)39)35-31-21-30(9-11-33(31)43-44-35)42-37(48)38(50-2)14-19-45(24-38)22-34(47)46-17-12-26(13-18-46)25-4-6-27(7-5-25)36-40-15-3-16-41-36/h3-12,15-16,20-21H,13-14,17-19,22-24H2,1-2H3,(H,42,48)(H,43,44)/t38-/m0/s1. The number of methoxy groups -OCH3 is 2. The van der Waals surface area contributed by atoms with Gasteiger partial charge in [-0.1, -0.05) is 30.3 Å². The Balaban J connectivity index is 0.969. The van der Waals surface area contributed by atoms with Gasteiger partial charge in [0.1, 0.15) is 5.82 Å². The lowest BCUT2D eigenvalue weighted by Gasteiger charge is -2.30. The van der Waals surface area contributed by atoms with Crippen molar-refractivity contribution < 1.29 is 23.5 Å². The van der Waals surface area contributed by atoms with Gasteiger partial charge in [-0.25, -0.2) is 14.4 Å². The van der Waals surface area contributed by atoms with Crippen LogP contribution in [-0.4, -0.2) is 94.3 Å². The van der Waals surface area contributed by atoms with Crippen LogP contribution >= 0.6 is 0 Å². The lowest BCUT2D eigenvalue weighted by molar-refractivity contribution is -0.138. The van der Waals surface area contributed by atoms with E-state index in [1.807, 2.05) is 34.1 Å². The minimum absolute atomic E-state index is 0.0246. The molecule has 12 heteroatoms. The van der Waals surface area contributed by atoms with Gasteiger partial charge in [0, 0.05) is 80.6 Å². The van der Waals surface area contributed by atoms with Crippen molar-refractivity contribution in [1.29, 1.82) is 0 Å². The van der Waals surface area contributed by atoms with Crippen molar-refractivity contribution in [2.24, 2.45) is 0 Å². The van der Waals surface area contributed by atoms with Crippen LogP contribution < -0.4 is 5.32 Å². The number of rotatable bonds is 10. The number of benzene rings is 3. The van der Waals surface area contributed by atoms with E-state index in [1.165, 1.54) is 25.9 Å². The molecule has 0 bridgehead atoms. The number of aromatic nitrogens is 4. The number of carbonyl (C=O) groups is 2. The van der Waals surface area contributed by atoms with Crippen LogP contribution in [0.5, 0.6) is 0 Å². The first-order valence-corrected chi connectivity index (χ1v) is 16.6. The van der Waals surface area contributed by atoms with Crippen molar-refractivity contribution in [3.05, 3.63) is 102 Å². The summed E-state index contributed by atoms with van der Waals surface area (Å²) < 4.78 is 25.2. The summed E-state index contributed by atoms with van der Waals surface area (Å²) in [5.41, 5.74) is 5.34. The van der Waals surface area contributed by atoms with Crippen molar-refractivity contribution in [1.82, 2.24) is 30.0 Å². The van der Waals surface area contributed by atoms with Crippen LogP contribution in [-0.2, 0) is 25.7 Å². The third-order valence-corrected chi connectivity index (χ3v) is 9.56. The number of hydrogen-bond donors (Lipinski definition) is 2. The molecule has 0 radical (unpaired) electrons. The molecule has 1 atom stereocenters. The molecule has 1 saturated heterocycles. The Morgan fingerprint density at radius 3 is 2.50 bits per heavy atom. The molecule has 2 amide bonds.